The van der Waals surface area contributed by atoms with Crippen LogP contribution in [0.3, 0.4) is 0 Å². The molecule has 1 aromatic carbocycles. The van der Waals surface area contributed by atoms with Crippen LogP contribution in [-0.2, 0) is 0 Å². The SMILES string of the molecule is O=C(CSc1nnnn1C1CCCCC1)c1ccc(I)cc1. The molecule has 0 amide bonds. The van der Waals surface area contributed by atoms with Gasteiger partial charge in [-0.3, -0.25) is 4.79 Å². The molecule has 2 aromatic rings. The summed E-state index contributed by atoms with van der Waals surface area (Å²) in [6.45, 7) is 0. The van der Waals surface area contributed by atoms with E-state index in [2.05, 4.69) is 38.1 Å². The molecule has 0 spiro atoms. The maximum absolute atomic E-state index is 12.2. The fraction of sp³-hybridized carbons (Fsp3) is 0.467. The van der Waals surface area contributed by atoms with Crippen molar-refractivity contribution in [3.63, 3.8) is 0 Å². The zero-order chi connectivity index (χ0) is 15.4. The van der Waals surface area contributed by atoms with Gasteiger partial charge in [0.05, 0.1) is 11.8 Å². The van der Waals surface area contributed by atoms with Crippen LogP contribution in [0.1, 0.15) is 48.5 Å². The number of hydrogen-bond acceptors (Lipinski definition) is 5. The highest BCUT2D eigenvalue weighted by atomic mass is 127. The number of tetrazole rings is 1. The number of carbonyl (C=O) groups is 1. The lowest BCUT2D eigenvalue weighted by Gasteiger charge is -2.21. The molecule has 0 aliphatic heterocycles. The molecular weight excluding hydrogens is 411 g/mol. The Bertz CT molecular complexity index is 637. The molecule has 3 rings (SSSR count). The van der Waals surface area contributed by atoms with Crippen LogP contribution in [-0.4, -0.2) is 31.7 Å². The summed E-state index contributed by atoms with van der Waals surface area (Å²) in [5.41, 5.74) is 0.740. The molecule has 1 saturated carbocycles. The van der Waals surface area contributed by atoms with E-state index in [1.54, 1.807) is 0 Å². The maximum Gasteiger partial charge on any atom is 0.210 e. The molecule has 1 aliphatic rings. The summed E-state index contributed by atoms with van der Waals surface area (Å²) in [5.74, 6) is 0.479. The number of ketones is 1. The van der Waals surface area contributed by atoms with Crippen LogP contribution in [0.2, 0.25) is 0 Å². The molecule has 7 heteroatoms. The summed E-state index contributed by atoms with van der Waals surface area (Å²) < 4.78 is 3.04. The van der Waals surface area contributed by atoms with Crippen LogP contribution in [0.4, 0.5) is 0 Å². The lowest BCUT2D eigenvalue weighted by atomic mass is 9.96. The molecular formula is C15H17IN4OS. The van der Waals surface area contributed by atoms with Gasteiger partial charge in [-0.25, -0.2) is 4.68 Å². The van der Waals surface area contributed by atoms with Gasteiger partial charge in [0.15, 0.2) is 5.78 Å². The van der Waals surface area contributed by atoms with Gasteiger partial charge in [-0.1, -0.05) is 43.2 Å². The van der Waals surface area contributed by atoms with Gasteiger partial charge >= 0.3 is 0 Å². The van der Waals surface area contributed by atoms with Crippen molar-refractivity contribution in [3.8, 4) is 0 Å². The number of carbonyl (C=O) groups excluding carboxylic acids is 1. The minimum atomic E-state index is 0.111. The zero-order valence-electron chi connectivity index (χ0n) is 12.1. The molecule has 0 radical (unpaired) electrons. The maximum atomic E-state index is 12.2. The van der Waals surface area contributed by atoms with E-state index in [1.165, 1.54) is 31.0 Å². The Morgan fingerprint density at radius 1 is 1.23 bits per heavy atom. The first-order chi connectivity index (χ1) is 10.7. The first kappa shape index (κ1) is 15.9. The van der Waals surface area contributed by atoms with E-state index in [0.29, 0.717) is 11.8 Å². The predicted octanol–water partition coefficient (Wildman–Crippen LogP) is 3.76. The minimum absolute atomic E-state index is 0.111. The largest absolute Gasteiger partial charge is 0.293 e. The molecule has 0 saturated heterocycles. The topological polar surface area (TPSA) is 60.7 Å². The van der Waals surface area contributed by atoms with Crippen molar-refractivity contribution >= 4 is 40.1 Å². The van der Waals surface area contributed by atoms with Crippen molar-refractivity contribution in [2.75, 3.05) is 5.75 Å². The van der Waals surface area contributed by atoms with E-state index >= 15 is 0 Å². The monoisotopic (exact) mass is 428 g/mol. The number of rotatable bonds is 5. The highest BCUT2D eigenvalue weighted by molar-refractivity contribution is 14.1. The van der Waals surface area contributed by atoms with Gasteiger partial charge < -0.3 is 0 Å². The van der Waals surface area contributed by atoms with E-state index in [9.17, 15) is 4.79 Å². The molecule has 0 unspecified atom stereocenters. The van der Waals surface area contributed by atoms with Crippen molar-refractivity contribution in [3.05, 3.63) is 33.4 Å². The zero-order valence-corrected chi connectivity index (χ0v) is 15.1. The Balaban J connectivity index is 1.63. The van der Waals surface area contributed by atoms with E-state index in [4.69, 9.17) is 0 Å². The molecule has 1 fully saturated rings. The number of Topliss-reactive ketones (excluding diaryl/α,β-unsaturated/α-hetero) is 1. The Kier molecular flexibility index (Phi) is 5.46. The molecule has 0 N–H and O–H groups in total. The molecule has 116 valence electrons. The van der Waals surface area contributed by atoms with Crippen molar-refractivity contribution in [1.29, 1.82) is 0 Å². The Morgan fingerprint density at radius 2 is 1.95 bits per heavy atom. The second kappa shape index (κ2) is 7.54. The van der Waals surface area contributed by atoms with Crippen molar-refractivity contribution in [2.45, 2.75) is 43.3 Å². The number of hydrogen-bond donors (Lipinski definition) is 0. The van der Waals surface area contributed by atoms with E-state index in [-0.39, 0.29) is 5.78 Å². The quantitative estimate of drug-likeness (QED) is 0.413. The third-order valence-electron chi connectivity index (χ3n) is 3.88. The first-order valence-corrected chi connectivity index (χ1v) is 9.50. The molecule has 1 aromatic heterocycles. The molecule has 1 aliphatic carbocycles. The number of benzene rings is 1. The lowest BCUT2D eigenvalue weighted by molar-refractivity contribution is 0.102. The number of thioether (sulfide) groups is 1. The van der Waals surface area contributed by atoms with Gasteiger partial charge in [0, 0.05) is 9.13 Å². The normalized spacial score (nSPS) is 15.9. The Morgan fingerprint density at radius 3 is 2.68 bits per heavy atom. The van der Waals surface area contributed by atoms with Gasteiger partial charge in [0.1, 0.15) is 0 Å². The van der Waals surface area contributed by atoms with Gasteiger partial charge in [-0.2, -0.15) is 0 Å². The van der Waals surface area contributed by atoms with Crippen LogP contribution in [0.15, 0.2) is 29.4 Å². The average molecular weight is 428 g/mol. The number of aromatic nitrogens is 4. The van der Waals surface area contributed by atoms with Crippen LogP contribution in [0.25, 0.3) is 0 Å². The van der Waals surface area contributed by atoms with Crippen LogP contribution < -0.4 is 0 Å². The molecule has 22 heavy (non-hydrogen) atoms. The molecule has 5 nitrogen and oxygen atoms in total. The number of halogens is 1. The summed E-state index contributed by atoms with van der Waals surface area (Å²) in [6, 6.07) is 8.03. The van der Waals surface area contributed by atoms with E-state index in [1.807, 2.05) is 28.9 Å². The van der Waals surface area contributed by atoms with Gasteiger partial charge in [-0.05, 0) is 58.0 Å². The standard InChI is InChI=1S/C15H17IN4OS/c16-12-8-6-11(7-9-12)14(21)10-22-15-17-18-19-20(15)13-4-2-1-3-5-13/h6-9,13H,1-5,10H2. The number of nitrogens with zero attached hydrogens (tertiary/aromatic N) is 4. The molecule has 1 heterocycles. The third kappa shape index (κ3) is 3.87. The Labute approximate surface area is 147 Å². The van der Waals surface area contributed by atoms with Crippen LogP contribution >= 0.6 is 34.4 Å². The summed E-state index contributed by atoms with van der Waals surface area (Å²) in [5, 5.41) is 12.8. The van der Waals surface area contributed by atoms with Crippen molar-refractivity contribution < 1.29 is 4.79 Å². The molecule has 0 bridgehead atoms. The van der Waals surface area contributed by atoms with Crippen LogP contribution in [0, 0.1) is 3.57 Å². The average Bonchev–Trinajstić information content (AvgIpc) is 3.02. The van der Waals surface area contributed by atoms with Gasteiger partial charge in [0.25, 0.3) is 0 Å². The molecule has 0 atom stereocenters. The summed E-state index contributed by atoms with van der Waals surface area (Å²) in [6.07, 6.45) is 6.02. The summed E-state index contributed by atoms with van der Waals surface area (Å²) in [7, 11) is 0. The third-order valence-corrected chi connectivity index (χ3v) is 5.53. The highest BCUT2D eigenvalue weighted by Gasteiger charge is 2.20. The fourth-order valence-corrected chi connectivity index (χ4v) is 3.88. The van der Waals surface area contributed by atoms with Crippen molar-refractivity contribution in [2.24, 2.45) is 0 Å². The highest BCUT2D eigenvalue weighted by Crippen LogP contribution is 2.30. The van der Waals surface area contributed by atoms with Gasteiger partial charge in [-0.15, -0.1) is 5.10 Å². The lowest BCUT2D eigenvalue weighted by Crippen LogP contribution is -2.15. The van der Waals surface area contributed by atoms with E-state index in [0.717, 1.165) is 27.1 Å². The smallest absolute Gasteiger partial charge is 0.210 e. The summed E-state index contributed by atoms with van der Waals surface area (Å²) >= 11 is 3.66. The van der Waals surface area contributed by atoms with Crippen molar-refractivity contribution in [1.82, 2.24) is 20.2 Å². The van der Waals surface area contributed by atoms with E-state index < -0.39 is 0 Å². The second-order valence-corrected chi connectivity index (χ2v) is 7.60. The Hall–Kier alpha value is -0.960. The predicted molar refractivity (Wildman–Crippen MR) is 94.2 cm³/mol. The van der Waals surface area contributed by atoms with Gasteiger partial charge in [0.2, 0.25) is 5.16 Å². The first-order valence-electron chi connectivity index (χ1n) is 7.43. The minimum Gasteiger partial charge on any atom is -0.293 e. The van der Waals surface area contributed by atoms with Crippen LogP contribution in [0.5, 0.6) is 0 Å². The summed E-state index contributed by atoms with van der Waals surface area (Å²) in [4.78, 5) is 12.2. The fourth-order valence-electron chi connectivity index (χ4n) is 2.68. The second-order valence-electron chi connectivity index (χ2n) is 5.42.